The molecule has 0 radical (unpaired) electrons. The van der Waals surface area contributed by atoms with Crippen molar-refractivity contribution in [3.05, 3.63) is 29.0 Å². The van der Waals surface area contributed by atoms with Gasteiger partial charge in [0.05, 0.1) is 10.7 Å². The van der Waals surface area contributed by atoms with Crippen molar-refractivity contribution < 1.29 is 4.39 Å². The van der Waals surface area contributed by atoms with Gasteiger partial charge in [0, 0.05) is 19.1 Å². The van der Waals surface area contributed by atoms with E-state index in [0.29, 0.717) is 17.0 Å². The van der Waals surface area contributed by atoms with Gasteiger partial charge in [-0.25, -0.2) is 4.39 Å². The molecule has 1 N–H and O–H groups in total. The van der Waals surface area contributed by atoms with Gasteiger partial charge in [-0.2, -0.15) is 0 Å². The van der Waals surface area contributed by atoms with Crippen molar-refractivity contribution in [2.45, 2.75) is 26.3 Å². The topological polar surface area (TPSA) is 15.3 Å². The highest BCUT2D eigenvalue weighted by atomic mass is 35.5. The summed E-state index contributed by atoms with van der Waals surface area (Å²) >= 11 is 6.11. The van der Waals surface area contributed by atoms with Crippen LogP contribution in [0.2, 0.25) is 5.02 Å². The van der Waals surface area contributed by atoms with Crippen LogP contribution < -0.4 is 10.2 Å². The van der Waals surface area contributed by atoms with Gasteiger partial charge < -0.3 is 10.2 Å². The molecule has 100 valence electrons. The maximum absolute atomic E-state index is 13.0. The third-order valence-corrected chi connectivity index (χ3v) is 3.92. The predicted molar refractivity (Wildman–Crippen MR) is 74.9 cm³/mol. The van der Waals surface area contributed by atoms with Gasteiger partial charge >= 0.3 is 0 Å². The minimum atomic E-state index is -0.278. The normalized spacial score (nSPS) is 24.3. The average molecular weight is 271 g/mol. The molecule has 2 nitrogen and oxygen atoms in total. The first-order valence-electron chi connectivity index (χ1n) is 6.55. The highest BCUT2D eigenvalue weighted by Gasteiger charge is 2.26. The number of nitrogens with zero attached hydrogens (tertiary/aromatic N) is 1. The van der Waals surface area contributed by atoms with Gasteiger partial charge in [0.1, 0.15) is 5.82 Å². The molecule has 1 saturated heterocycles. The van der Waals surface area contributed by atoms with Gasteiger partial charge in [0.2, 0.25) is 0 Å². The lowest BCUT2D eigenvalue weighted by Crippen LogP contribution is -2.48. The predicted octanol–water partition coefficient (Wildman–Crippen LogP) is 3.30. The van der Waals surface area contributed by atoms with Crippen molar-refractivity contribution in [2.24, 2.45) is 5.92 Å². The molecule has 4 heteroatoms. The van der Waals surface area contributed by atoms with E-state index < -0.39 is 0 Å². The molecule has 0 amide bonds. The third kappa shape index (κ3) is 2.96. The van der Waals surface area contributed by atoms with Crippen molar-refractivity contribution in [1.29, 1.82) is 0 Å². The van der Waals surface area contributed by atoms with Gasteiger partial charge in [-0.15, -0.1) is 0 Å². The second kappa shape index (κ2) is 5.89. The summed E-state index contributed by atoms with van der Waals surface area (Å²) < 4.78 is 13.0. The number of hydrogen-bond donors (Lipinski definition) is 1. The summed E-state index contributed by atoms with van der Waals surface area (Å²) in [6.07, 6.45) is 1.10. The molecule has 0 aliphatic carbocycles. The molecule has 0 spiro atoms. The van der Waals surface area contributed by atoms with Crippen molar-refractivity contribution in [3.8, 4) is 0 Å². The Morgan fingerprint density at radius 1 is 1.50 bits per heavy atom. The number of rotatable bonds is 3. The fourth-order valence-electron chi connectivity index (χ4n) is 2.67. The van der Waals surface area contributed by atoms with Crippen LogP contribution in [0, 0.1) is 11.7 Å². The summed E-state index contributed by atoms with van der Waals surface area (Å²) in [6.45, 7) is 7.32. The number of benzene rings is 1. The van der Waals surface area contributed by atoms with Gasteiger partial charge in [0.15, 0.2) is 0 Å². The number of nitrogens with one attached hydrogen (secondary N) is 1. The van der Waals surface area contributed by atoms with Crippen LogP contribution in [-0.4, -0.2) is 25.7 Å². The zero-order valence-electron chi connectivity index (χ0n) is 10.9. The Morgan fingerprint density at radius 3 is 2.89 bits per heavy atom. The minimum absolute atomic E-state index is 0.278. The smallest absolute Gasteiger partial charge is 0.124 e. The van der Waals surface area contributed by atoms with E-state index in [1.54, 1.807) is 6.07 Å². The maximum atomic E-state index is 13.0. The zero-order chi connectivity index (χ0) is 13.1. The van der Waals surface area contributed by atoms with E-state index in [1.165, 1.54) is 12.1 Å². The Labute approximate surface area is 113 Å². The van der Waals surface area contributed by atoms with Gasteiger partial charge in [-0.3, -0.25) is 0 Å². The number of piperidine rings is 1. The third-order valence-electron chi connectivity index (χ3n) is 3.62. The van der Waals surface area contributed by atoms with Crippen LogP contribution in [-0.2, 0) is 0 Å². The largest absolute Gasteiger partial charge is 0.370 e. The average Bonchev–Trinajstić information content (AvgIpc) is 2.32. The minimum Gasteiger partial charge on any atom is -0.370 e. The lowest BCUT2D eigenvalue weighted by molar-refractivity contribution is 0.327. The lowest BCUT2D eigenvalue weighted by atomic mass is 9.93. The van der Waals surface area contributed by atoms with E-state index in [-0.39, 0.29) is 5.82 Å². The molecule has 0 bridgehead atoms. The number of hydrogen-bond acceptors (Lipinski definition) is 2. The Balaban J connectivity index is 2.07. The summed E-state index contributed by atoms with van der Waals surface area (Å²) in [5.74, 6) is 0.291. The van der Waals surface area contributed by atoms with E-state index in [1.807, 2.05) is 0 Å². The van der Waals surface area contributed by atoms with E-state index in [4.69, 9.17) is 11.6 Å². The molecule has 18 heavy (non-hydrogen) atoms. The van der Waals surface area contributed by atoms with Gasteiger partial charge in [-0.1, -0.05) is 25.4 Å². The molecule has 1 aliphatic heterocycles. The van der Waals surface area contributed by atoms with Crippen molar-refractivity contribution in [2.75, 3.05) is 24.5 Å². The lowest BCUT2D eigenvalue weighted by Gasteiger charge is -2.39. The Bertz CT molecular complexity index is 411. The summed E-state index contributed by atoms with van der Waals surface area (Å²) in [7, 11) is 0. The summed E-state index contributed by atoms with van der Waals surface area (Å²) in [5, 5.41) is 4.01. The molecule has 2 atom stereocenters. The highest BCUT2D eigenvalue weighted by Crippen LogP contribution is 2.30. The molecular weight excluding hydrogens is 251 g/mol. The summed E-state index contributed by atoms with van der Waals surface area (Å²) in [6, 6.07) is 5.21. The monoisotopic (exact) mass is 270 g/mol. The van der Waals surface area contributed by atoms with Gasteiger partial charge in [-0.05, 0) is 37.1 Å². The molecule has 0 aromatic heterocycles. The second-order valence-corrected chi connectivity index (χ2v) is 5.38. The molecule has 0 saturated carbocycles. The van der Waals surface area contributed by atoms with Crippen LogP contribution in [0.1, 0.15) is 20.3 Å². The molecule has 1 heterocycles. The van der Waals surface area contributed by atoms with Crippen molar-refractivity contribution >= 4 is 17.3 Å². The quantitative estimate of drug-likeness (QED) is 0.907. The Kier molecular flexibility index (Phi) is 4.46. The van der Waals surface area contributed by atoms with Crippen LogP contribution in [0.15, 0.2) is 18.2 Å². The second-order valence-electron chi connectivity index (χ2n) is 4.97. The maximum Gasteiger partial charge on any atom is 0.124 e. The molecule has 2 rings (SSSR count). The first-order valence-corrected chi connectivity index (χ1v) is 6.93. The van der Waals surface area contributed by atoms with E-state index in [2.05, 4.69) is 24.1 Å². The SMILES string of the molecule is CCNC1CCN(c2ccc(F)cc2Cl)CC1C. The standard InChI is InChI=1S/C14H20ClFN2/c1-3-17-13-6-7-18(9-10(13)2)14-5-4-11(16)8-12(14)15/h4-5,8,10,13,17H,3,6-7,9H2,1-2H3. The Hall–Kier alpha value is -0.800. The fourth-order valence-corrected chi connectivity index (χ4v) is 2.95. The van der Waals surface area contributed by atoms with E-state index in [9.17, 15) is 4.39 Å². The molecule has 1 aromatic carbocycles. The summed E-state index contributed by atoms with van der Waals surface area (Å²) in [5.41, 5.74) is 0.944. The van der Waals surface area contributed by atoms with E-state index in [0.717, 1.165) is 31.7 Å². The first-order chi connectivity index (χ1) is 8.61. The number of anilines is 1. The Morgan fingerprint density at radius 2 is 2.28 bits per heavy atom. The fraction of sp³-hybridized carbons (Fsp3) is 0.571. The van der Waals surface area contributed by atoms with Crippen LogP contribution in [0.3, 0.4) is 0 Å². The highest BCUT2D eigenvalue weighted by molar-refractivity contribution is 6.33. The zero-order valence-corrected chi connectivity index (χ0v) is 11.7. The molecule has 1 aliphatic rings. The molecular formula is C14H20ClFN2. The van der Waals surface area contributed by atoms with Crippen LogP contribution in [0.4, 0.5) is 10.1 Å². The van der Waals surface area contributed by atoms with Crippen LogP contribution in [0.25, 0.3) is 0 Å². The van der Waals surface area contributed by atoms with Crippen molar-refractivity contribution in [3.63, 3.8) is 0 Å². The van der Waals surface area contributed by atoms with E-state index >= 15 is 0 Å². The van der Waals surface area contributed by atoms with Crippen molar-refractivity contribution in [1.82, 2.24) is 5.32 Å². The van der Waals surface area contributed by atoms with Crippen LogP contribution in [0.5, 0.6) is 0 Å². The molecule has 1 fully saturated rings. The summed E-state index contributed by atoms with van der Waals surface area (Å²) in [4.78, 5) is 2.25. The van der Waals surface area contributed by atoms with Gasteiger partial charge in [0.25, 0.3) is 0 Å². The number of halogens is 2. The molecule has 2 unspecified atom stereocenters. The molecule has 1 aromatic rings. The van der Waals surface area contributed by atoms with Crippen LogP contribution >= 0.6 is 11.6 Å². The first kappa shape index (κ1) is 13.6.